The maximum absolute atomic E-state index is 12.7. The summed E-state index contributed by atoms with van der Waals surface area (Å²) < 4.78 is 6.38. The first-order chi connectivity index (χ1) is 12.7. The van der Waals surface area contributed by atoms with Crippen molar-refractivity contribution < 1.29 is 9.53 Å². The summed E-state index contributed by atoms with van der Waals surface area (Å²) in [6, 6.07) is 8.52. The smallest absolute Gasteiger partial charge is 0.280 e. The van der Waals surface area contributed by atoms with E-state index < -0.39 is 0 Å². The maximum atomic E-state index is 12.7. The molecule has 0 spiro atoms. The molecule has 1 aromatic heterocycles. The van der Waals surface area contributed by atoms with Gasteiger partial charge in [0, 0.05) is 12.1 Å². The highest BCUT2D eigenvalue weighted by molar-refractivity contribution is 8.01. The lowest BCUT2D eigenvalue weighted by Gasteiger charge is -2.49. The fourth-order valence-corrected chi connectivity index (χ4v) is 5.93. The van der Waals surface area contributed by atoms with Crippen LogP contribution in [0.4, 0.5) is 0 Å². The molecule has 7 heteroatoms. The van der Waals surface area contributed by atoms with Gasteiger partial charge in [-0.25, -0.2) is 4.98 Å². The second-order valence-electron chi connectivity index (χ2n) is 6.85. The molecule has 5 rings (SSSR count). The molecule has 2 bridgehead atoms. The summed E-state index contributed by atoms with van der Waals surface area (Å²) in [5, 5.41) is 3.78. The van der Waals surface area contributed by atoms with Crippen LogP contribution in [0.2, 0.25) is 0 Å². The van der Waals surface area contributed by atoms with Crippen molar-refractivity contribution in [2.75, 3.05) is 20.2 Å². The van der Waals surface area contributed by atoms with E-state index in [0.29, 0.717) is 17.0 Å². The second-order valence-corrected chi connectivity index (χ2v) is 9.22. The number of fused-ring (bicyclic) bond motifs is 3. The van der Waals surface area contributed by atoms with Crippen LogP contribution < -0.4 is 10.1 Å². The van der Waals surface area contributed by atoms with Crippen LogP contribution in [0.25, 0.3) is 0 Å². The molecule has 0 aliphatic carbocycles. The Morgan fingerprint density at radius 3 is 2.85 bits per heavy atom. The molecule has 2 atom stereocenters. The molecule has 4 heterocycles. The van der Waals surface area contributed by atoms with E-state index in [9.17, 15) is 4.79 Å². The Hall–Kier alpha value is -1.57. The van der Waals surface area contributed by atoms with Gasteiger partial charge in [-0.1, -0.05) is 23.9 Å². The van der Waals surface area contributed by atoms with Crippen LogP contribution in [-0.2, 0) is 0 Å². The number of methoxy groups -OCH3 is 1. The highest BCUT2D eigenvalue weighted by Crippen LogP contribution is 2.37. The summed E-state index contributed by atoms with van der Waals surface area (Å²) in [5.41, 5.74) is 0. The summed E-state index contributed by atoms with van der Waals surface area (Å²) in [4.78, 5) is 20.6. The minimum Gasteiger partial charge on any atom is -0.496 e. The van der Waals surface area contributed by atoms with E-state index in [4.69, 9.17) is 4.74 Å². The van der Waals surface area contributed by atoms with E-state index in [1.807, 2.05) is 24.3 Å². The van der Waals surface area contributed by atoms with Crippen LogP contribution >= 0.6 is 23.1 Å². The number of hydrogen-bond donors (Lipinski definition) is 1. The largest absolute Gasteiger partial charge is 0.496 e. The van der Waals surface area contributed by atoms with Crippen molar-refractivity contribution in [3.8, 4) is 5.75 Å². The molecule has 1 aromatic carbocycles. The molecule has 5 nitrogen and oxygen atoms in total. The highest BCUT2D eigenvalue weighted by atomic mass is 32.2. The molecule has 0 saturated carbocycles. The summed E-state index contributed by atoms with van der Waals surface area (Å²) in [7, 11) is 1.67. The molecular weight excluding hydrogens is 366 g/mol. The van der Waals surface area contributed by atoms with Gasteiger partial charge >= 0.3 is 0 Å². The molecular formula is C19H23N3O2S2. The monoisotopic (exact) mass is 389 g/mol. The lowest BCUT2D eigenvalue weighted by Crippen LogP contribution is -2.62. The number of carbonyl (C=O) groups is 1. The Balaban J connectivity index is 1.43. The Morgan fingerprint density at radius 2 is 2.12 bits per heavy atom. The standard InChI is InChI=1S/C19H23N3O2S2/c1-12-17(13-7-9-22(12)10-8-13)21-18(23)19-20-11-16(26-19)25-15-6-4-3-5-14(15)24-2/h3-6,11-13,17H,7-10H2,1-2H3,(H,21,23). The van der Waals surface area contributed by atoms with E-state index in [0.717, 1.165) is 27.9 Å². The lowest BCUT2D eigenvalue weighted by atomic mass is 9.79. The number of thiazole rings is 1. The molecule has 3 aliphatic rings. The van der Waals surface area contributed by atoms with Crippen molar-refractivity contribution in [2.24, 2.45) is 5.92 Å². The van der Waals surface area contributed by atoms with Crippen LogP contribution in [0.1, 0.15) is 29.6 Å². The van der Waals surface area contributed by atoms with Crippen molar-refractivity contribution in [3.05, 3.63) is 35.5 Å². The van der Waals surface area contributed by atoms with Crippen LogP contribution in [0.5, 0.6) is 5.75 Å². The van der Waals surface area contributed by atoms with Crippen LogP contribution in [-0.4, -0.2) is 48.1 Å². The van der Waals surface area contributed by atoms with Crippen molar-refractivity contribution >= 4 is 29.0 Å². The minimum atomic E-state index is -0.0486. The zero-order valence-corrected chi connectivity index (χ0v) is 16.6. The molecule has 26 heavy (non-hydrogen) atoms. The molecule has 2 unspecified atom stereocenters. The third kappa shape index (κ3) is 3.48. The molecule has 138 valence electrons. The average Bonchev–Trinajstić information content (AvgIpc) is 3.14. The van der Waals surface area contributed by atoms with Gasteiger partial charge in [0.15, 0.2) is 5.01 Å². The van der Waals surface area contributed by atoms with Crippen LogP contribution in [0.15, 0.2) is 39.6 Å². The number of benzene rings is 1. The van der Waals surface area contributed by atoms with Crippen molar-refractivity contribution in [2.45, 2.75) is 41.0 Å². The second kappa shape index (κ2) is 7.58. The Bertz CT molecular complexity index is 785. The average molecular weight is 390 g/mol. The first-order valence-corrected chi connectivity index (χ1v) is 10.6. The third-order valence-electron chi connectivity index (χ3n) is 5.43. The van der Waals surface area contributed by atoms with Gasteiger partial charge in [-0.3, -0.25) is 9.69 Å². The zero-order chi connectivity index (χ0) is 18.1. The van der Waals surface area contributed by atoms with Crippen molar-refractivity contribution in [3.63, 3.8) is 0 Å². The number of carbonyl (C=O) groups excluding carboxylic acids is 1. The fourth-order valence-electron chi connectivity index (χ4n) is 3.98. The third-order valence-corrected chi connectivity index (χ3v) is 7.59. The summed E-state index contributed by atoms with van der Waals surface area (Å²) in [6.07, 6.45) is 4.14. The van der Waals surface area contributed by atoms with Gasteiger partial charge in [-0.05, 0) is 50.9 Å². The van der Waals surface area contributed by atoms with Gasteiger partial charge in [0.1, 0.15) is 5.75 Å². The van der Waals surface area contributed by atoms with Crippen molar-refractivity contribution in [1.29, 1.82) is 0 Å². The number of nitrogens with one attached hydrogen (secondary N) is 1. The number of rotatable bonds is 5. The van der Waals surface area contributed by atoms with E-state index in [1.54, 1.807) is 25.1 Å². The number of para-hydroxylation sites is 1. The molecule has 0 radical (unpaired) electrons. The van der Waals surface area contributed by atoms with Gasteiger partial charge in [-0.15, -0.1) is 11.3 Å². The quantitative estimate of drug-likeness (QED) is 0.848. The summed E-state index contributed by atoms with van der Waals surface area (Å²) >= 11 is 3.01. The molecule has 3 fully saturated rings. The maximum Gasteiger partial charge on any atom is 0.280 e. The van der Waals surface area contributed by atoms with Gasteiger partial charge in [-0.2, -0.15) is 0 Å². The number of ether oxygens (including phenoxy) is 1. The van der Waals surface area contributed by atoms with E-state index in [-0.39, 0.29) is 11.9 Å². The number of amides is 1. The predicted octanol–water partition coefficient (Wildman–Crippen LogP) is 3.52. The topological polar surface area (TPSA) is 54.5 Å². The molecule has 3 aliphatic heterocycles. The number of piperidine rings is 3. The van der Waals surface area contributed by atoms with Crippen LogP contribution in [0.3, 0.4) is 0 Å². The van der Waals surface area contributed by atoms with Crippen LogP contribution in [0, 0.1) is 5.92 Å². The van der Waals surface area contributed by atoms with Gasteiger partial charge in [0.05, 0.1) is 22.4 Å². The molecule has 1 amide bonds. The van der Waals surface area contributed by atoms with Gasteiger partial charge in [0.25, 0.3) is 5.91 Å². The van der Waals surface area contributed by atoms with Gasteiger partial charge in [0.2, 0.25) is 0 Å². The zero-order valence-electron chi connectivity index (χ0n) is 15.0. The Labute approximate surface area is 162 Å². The Kier molecular flexibility index (Phi) is 5.20. The number of hydrogen-bond acceptors (Lipinski definition) is 6. The first kappa shape index (κ1) is 17.8. The molecule has 3 saturated heterocycles. The van der Waals surface area contributed by atoms with Crippen molar-refractivity contribution in [1.82, 2.24) is 15.2 Å². The van der Waals surface area contributed by atoms with E-state index in [1.165, 1.54) is 24.2 Å². The van der Waals surface area contributed by atoms with E-state index in [2.05, 4.69) is 22.1 Å². The number of aromatic nitrogens is 1. The molecule has 1 N–H and O–H groups in total. The fraction of sp³-hybridized carbons (Fsp3) is 0.474. The van der Waals surface area contributed by atoms with Gasteiger partial charge < -0.3 is 10.1 Å². The predicted molar refractivity (Wildman–Crippen MR) is 104 cm³/mol. The summed E-state index contributed by atoms with van der Waals surface area (Å²) in [6.45, 7) is 4.55. The first-order valence-electron chi connectivity index (χ1n) is 8.97. The minimum absolute atomic E-state index is 0.0486. The number of nitrogens with zero attached hydrogens (tertiary/aromatic N) is 2. The highest BCUT2D eigenvalue weighted by Gasteiger charge is 2.40. The lowest BCUT2D eigenvalue weighted by molar-refractivity contribution is 0.0217. The normalized spacial score (nSPS) is 27.3. The Morgan fingerprint density at radius 1 is 1.35 bits per heavy atom. The molecule has 2 aromatic rings. The SMILES string of the molecule is COc1ccccc1Sc1cnc(C(=O)NC2C3CCN(CC3)C2C)s1. The van der Waals surface area contributed by atoms with E-state index >= 15 is 0 Å². The summed E-state index contributed by atoms with van der Waals surface area (Å²) in [5.74, 6) is 1.38.